The van der Waals surface area contributed by atoms with Gasteiger partial charge in [0.05, 0.1) is 10.2 Å². The lowest BCUT2D eigenvalue weighted by Gasteiger charge is -1.98. The molecule has 2 nitrogen and oxygen atoms in total. The van der Waals surface area contributed by atoms with Crippen LogP contribution in [0.25, 0.3) is 10.2 Å². The molecular weight excluding hydrogens is 237 g/mol. The number of benzene rings is 1. The van der Waals surface area contributed by atoms with Crippen LogP contribution in [-0.4, -0.2) is 11.5 Å². The monoisotopic (exact) mass is 246 g/mol. The van der Waals surface area contributed by atoms with Crippen LogP contribution < -0.4 is 5.73 Å². The summed E-state index contributed by atoms with van der Waals surface area (Å²) >= 11 is 0.664. The maximum absolute atomic E-state index is 12.4. The Hall–Kier alpha value is -1.14. The highest BCUT2D eigenvalue weighted by Gasteiger charge is 2.34. The first-order chi connectivity index (χ1) is 7.50. The summed E-state index contributed by atoms with van der Waals surface area (Å²) in [5, 5.41) is -0.799. The molecule has 1 aromatic heterocycles. The Labute approximate surface area is 93.9 Å². The van der Waals surface area contributed by atoms with Crippen molar-refractivity contribution in [1.29, 1.82) is 0 Å². The average molecular weight is 246 g/mol. The molecule has 0 fully saturated rings. The highest BCUT2D eigenvalue weighted by molar-refractivity contribution is 7.18. The minimum absolute atomic E-state index is 0.392. The molecule has 0 amide bonds. The molecule has 0 aliphatic carbocycles. The Balaban J connectivity index is 2.46. The summed E-state index contributed by atoms with van der Waals surface area (Å²) in [6.07, 6.45) is -3.72. The van der Waals surface area contributed by atoms with Crippen molar-refractivity contribution < 1.29 is 13.2 Å². The van der Waals surface area contributed by atoms with Crippen LogP contribution in [0.5, 0.6) is 0 Å². The number of fused-ring (bicyclic) bond motifs is 1. The third-order valence-corrected chi connectivity index (χ3v) is 3.21. The first-order valence-corrected chi connectivity index (χ1v) is 5.49. The molecule has 0 aliphatic heterocycles. The molecule has 16 heavy (non-hydrogen) atoms. The minimum Gasteiger partial charge on any atom is -0.330 e. The van der Waals surface area contributed by atoms with Gasteiger partial charge in [-0.15, -0.1) is 11.3 Å². The van der Waals surface area contributed by atoms with Crippen molar-refractivity contribution in [2.75, 3.05) is 6.54 Å². The van der Waals surface area contributed by atoms with E-state index in [-0.39, 0.29) is 0 Å². The summed E-state index contributed by atoms with van der Waals surface area (Å²) in [5.74, 6) is 0. The van der Waals surface area contributed by atoms with Crippen molar-refractivity contribution in [3.05, 3.63) is 28.8 Å². The molecule has 2 N–H and O–H groups in total. The Morgan fingerprint density at radius 1 is 1.31 bits per heavy atom. The second-order valence-electron chi connectivity index (χ2n) is 3.36. The SMILES string of the molecule is NCCc1ccc2sc(C(F)(F)F)nc2c1. The molecule has 0 bridgehead atoms. The van der Waals surface area contributed by atoms with Crippen molar-refractivity contribution in [2.24, 2.45) is 5.73 Å². The van der Waals surface area contributed by atoms with Crippen LogP contribution in [0.4, 0.5) is 13.2 Å². The third-order valence-electron chi connectivity index (χ3n) is 2.13. The Kier molecular flexibility index (Phi) is 2.86. The van der Waals surface area contributed by atoms with Crippen LogP contribution in [0.3, 0.4) is 0 Å². The van der Waals surface area contributed by atoms with E-state index in [1.54, 1.807) is 18.2 Å². The molecule has 1 aromatic carbocycles. The smallest absolute Gasteiger partial charge is 0.330 e. The van der Waals surface area contributed by atoms with Gasteiger partial charge in [-0.25, -0.2) is 4.98 Å². The summed E-state index contributed by atoms with van der Waals surface area (Å²) in [5.41, 5.74) is 6.68. The highest BCUT2D eigenvalue weighted by atomic mass is 32.1. The molecule has 0 spiro atoms. The normalized spacial score (nSPS) is 12.2. The van der Waals surface area contributed by atoms with E-state index in [1.165, 1.54) is 0 Å². The number of alkyl halides is 3. The number of nitrogens with two attached hydrogens (primary N) is 1. The van der Waals surface area contributed by atoms with Gasteiger partial charge in [0.25, 0.3) is 0 Å². The van der Waals surface area contributed by atoms with Gasteiger partial charge >= 0.3 is 6.18 Å². The molecular formula is C10H9F3N2S. The molecule has 0 atom stereocenters. The van der Waals surface area contributed by atoms with Gasteiger partial charge in [-0.2, -0.15) is 13.2 Å². The van der Waals surface area contributed by atoms with E-state index in [2.05, 4.69) is 4.98 Å². The summed E-state index contributed by atoms with van der Waals surface area (Å²) in [7, 11) is 0. The highest BCUT2D eigenvalue weighted by Crippen LogP contribution is 2.35. The van der Waals surface area contributed by atoms with E-state index in [4.69, 9.17) is 5.73 Å². The first kappa shape index (κ1) is 11.3. The van der Waals surface area contributed by atoms with Crippen LogP contribution in [0.2, 0.25) is 0 Å². The summed E-state index contributed by atoms with van der Waals surface area (Å²) < 4.78 is 37.8. The fourth-order valence-corrected chi connectivity index (χ4v) is 2.23. The molecule has 2 aromatic rings. The zero-order valence-electron chi connectivity index (χ0n) is 8.21. The van der Waals surface area contributed by atoms with Crippen LogP contribution in [-0.2, 0) is 12.6 Å². The van der Waals surface area contributed by atoms with E-state index in [1.807, 2.05) is 0 Å². The fourth-order valence-electron chi connectivity index (χ4n) is 1.42. The largest absolute Gasteiger partial charge is 0.443 e. The fraction of sp³-hybridized carbons (Fsp3) is 0.300. The topological polar surface area (TPSA) is 38.9 Å². The van der Waals surface area contributed by atoms with Gasteiger partial charge in [0, 0.05) is 0 Å². The summed E-state index contributed by atoms with van der Waals surface area (Å²) in [6, 6.07) is 5.11. The van der Waals surface area contributed by atoms with Gasteiger partial charge in [0.1, 0.15) is 0 Å². The maximum Gasteiger partial charge on any atom is 0.443 e. The average Bonchev–Trinajstić information content (AvgIpc) is 2.60. The van der Waals surface area contributed by atoms with Crippen molar-refractivity contribution >= 4 is 21.6 Å². The van der Waals surface area contributed by atoms with E-state index in [9.17, 15) is 13.2 Å². The molecule has 86 valence electrons. The molecule has 6 heteroatoms. The predicted molar refractivity (Wildman–Crippen MR) is 57.4 cm³/mol. The zero-order chi connectivity index (χ0) is 11.8. The molecule has 2 rings (SSSR count). The molecule has 0 aliphatic rings. The minimum atomic E-state index is -4.36. The lowest BCUT2D eigenvalue weighted by molar-refractivity contribution is -0.137. The van der Waals surface area contributed by atoms with Gasteiger partial charge in [-0.05, 0) is 30.7 Å². The van der Waals surface area contributed by atoms with Crippen molar-refractivity contribution in [3.63, 3.8) is 0 Å². The number of aromatic nitrogens is 1. The van der Waals surface area contributed by atoms with Gasteiger partial charge < -0.3 is 5.73 Å². The van der Waals surface area contributed by atoms with Gasteiger partial charge in [-0.1, -0.05) is 6.07 Å². The van der Waals surface area contributed by atoms with E-state index < -0.39 is 11.2 Å². The van der Waals surface area contributed by atoms with Crippen LogP contribution in [0.1, 0.15) is 10.6 Å². The number of halogens is 3. The van der Waals surface area contributed by atoms with Gasteiger partial charge in [0.15, 0.2) is 5.01 Å². The standard InChI is InChI=1S/C10H9F3N2S/c11-10(12,13)9-15-7-5-6(3-4-14)1-2-8(7)16-9/h1-2,5H,3-4,14H2. The maximum atomic E-state index is 12.4. The number of hydrogen-bond acceptors (Lipinski definition) is 3. The molecule has 1 heterocycles. The Morgan fingerprint density at radius 2 is 2.06 bits per heavy atom. The van der Waals surface area contributed by atoms with Crippen molar-refractivity contribution in [3.8, 4) is 0 Å². The molecule has 0 unspecified atom stereocenters. The summed E-state index contributed by atoms with van der Waals surface area (Å²) in [4.78, 5) is 3.58. The quantitative estimate of drug-likeness (QED) is 0.885. The van der Waals surface area contributed by atoms with Crippen LogP contribution in [0, 0.1) is 0 Å². The van der Waals surface area contributed by atoms with Crippen molar-refractivity contribution in [1.82, 2.24) is 4.98 Å². The van der Waals surface area contributed by atoms with Gasteiger partial charge in [0.2, 0.25) is 0 Å². The Bertz CT molecular complexity index is 504. The number of hydrogen-bond donors (Lipinski definition) is 1. The first-order valence-electron chi connectivity index (χ1n) is 4.67. The zero-order valence-corrected chi connectivity index (χ0v) is 9.03. The number of thiazole rings is 1. The third kappa shape index (κ3) is 2.17. The van der Waals surface area contributed by atoms with E-state index in [0.29, 0.717) is 34.5 Å². The second kappa shape index (κ2) is 4.03. The van der Waals surface area contributed by atoms with E-state index in [0.717, 1.165) is 5.56 Å². The van der Waals surface area contributed by atoms with Crippen molar-refractivity contribution in [2.45, 2.75) is 12.6 Å². The number of nitrogens with zero attached hydrogens (tertiary/aromatic N) is 1. The predicted octanol–water partition coefficient (Wildman–Crippen LogP) is 2.82. The molecule has 0 radical (unpaired) electrons. The lowest BCUT2D eigenvalue weighted by Crippen LogP contribution is -2.03. The molecule has 0 saturated carbocycles. The number of rotatable bonds is 2. The Morgan fingerprint density at radius 3 is 2.69 bits per heavy atom. The second-order valence-corrected chi connectivity index (χ2v) is 4.39. The van der Waals surface area contributed by atoms with Gasteiger partial charge in [-0.3, -0.25) is 0 Å². The van der Waals surface area contributed by atoms with Crippen LogP contribution >= 0.6 is 11.3 Å². The lowest BCUT2D eigenvalue weighted by atomic mass is 10.1. The summed E-state index contributed by atoms with van der Waals surface area (Å²) in [6.45, 7) is 0.474. The molecule has 0 saturated heterocycles. The van der Waals surface area contributed by atoms with E-state index >= 15 is 0 Å². The van der Waals surface area contributed by atoms with Crippen LogP contribution in [0.15, 0.2) is 18.2 Å².